The molecular formula is C24H40O3. The highest BCUT2D eigenvalue weighted by Crippen LogP contribution is 2.68. The first-order chi connectivity index (χ1) is 12.8. The molecule has 0 aromatic rings. The number of aliphatic carboxylic acids is 1. The summed E-state index contributed by atoms with van der Waals surface area (Å²) in [5, 5.41) is 19.3. The molecule has 5 unspecified atom stereocenters. The molecule has 0 heterocycles. The zero-order chi connectivity index (χ0) is 19.4. The summed E-state index contributed by atoms with van der Waals surface area (Å²) >= 11 is 0. The Labute approximate surface area is 165 Å². The summed E-state index contributed by atoms with van der Waals surface area (Å²) in [7, 11) is 0. The zero-order valence-corrected chi connectivity index (χ0v) is 17.6. The largest absolute Gasteiger partial charge is 0.481 e. The molecule has 0 radical (unpaired) electrons. The van der Waals surface area contributed by atoms with Crippen LogP contribution in [-0.2, 0) is 4.79 Å². The molecule has 0 spiro atoms. The van der Waals surface area contributed by atoms with E-state index in [1.807, 2.05) is 0 Å². The minimum absolute atomic E-state index is 0.0561. The van der Waals surface area contributed by atoms with Crippen molar-refractivity contribution in [2.45, 2.75) is 97.5 Å². The Morgan fingerprint density at radius 1 is 1.00 bits per heavy atom. The minimum atomic E-state index is -0.643. The van der Waals surface area contributed by atoms with Crippen LogP contribution in [0.3, 0.4) is 0 Å². The van der Waals surface area contributed by atoms with Crippen LogP contribution in [0.2, 0.25) is 0 Å². The lowest BCUT2D eigenvalue weighted by molar-refractivity contribution is -0.138. The van der Waals surface area contributed by atoms with Gasteiger partial charge in [-0.1, -0.05) is 20.8 Å². The van der Waals surface area contributed by atoms with E-state index in [-0.39, 0.29) is 6.10 Å². The fourth-order valence-electron chi connectivity index (χ4n) is 8.76. The molecule has 0 bridgehead atoms. The van der Waals surface area contributed by atoms with Crippen molar-refractivity contribution in [3.05, 3.63) is 0 Å². The van der Waals surface area contributed by atoms with Crippen molar-refractivity contribution < 1.29 is 15.0 Å². The Morgan fingerprint density at radius 3 is 2.44 bits per heavy atom. The maximum Gasteiger partial charge on any atom is 0.303 e. The van der Waals surface area contributed by atoms with Crippen LogP contribution in [0.5, 0.6) is 0 Å². The van der Waals surface area contributed by atoms with Gasteiger partial charge in [0.05, 0.1) is 6.10 Å². The van der Waals surface area contributed by atoms with E-state index >= 15 is 0 Å². The van der Waals surface area contributed by atoms with Crippen LogP contribution >= 0.6 is 0 Å². The second-order valence-electron chi connectivity index (χ2n) is 11.2. The molecule has 3 heteroatoms. The van der Waals surface area contributed by atoms with Crippen LogP contribution in [-0.4, -0.2) is 22.3 Å². The van der Waals surface area contributed by atoms with E-state index in [1.54, 1.807) is 0 Å². The average Bonchev–Trinajstić information content (AvgIpc) is 2.97. The fourth-order valence-corrected chi connectivity index (χ4v) is 8.76. The average molecular weight is 377 g/mol. The smallest absolute Gasteiger partial charge is 0.303 e. The summed E-state index contributed by atoms with van der Waals surface area (Å²) < 4.78 is 0. The first-order valence-corrected chi connectivity index (χ1v) is 11.7. The Balaban J connectivity index is 1.51. The molecule has 3 nitrogen and oxygen atoms in total. The highest BCUT2D eigenvalue weighted by Gasteiger charge is 2.60. The number of fused-ring (bicyclic) bond motifs is 5. The first-order valence-electron chi connectivity index (χ1n) is 11.7. The second kappa shape index (κ2) is 7.04. The molecule has 2 N–H and O–H groups in total. The number of hydrogen-bond donors (Lipinski definition) is 2. The molecule has 4 aliphatic rings. The number of carboxylic acids is 1. The van der Waals surface area contributed by atoms with Crippen LogP contribution in [0.4, 0.5) is 0 Å². The van der Waals surface area contributed by atoms with E-state index in [2.05, 4.69) is 20.8 Å². The lowest BCUT2D eigenvalue weighted by Gasteiger charge is -2.61. The third kappa shape index (κ3) is 3.16. The number of rotatable bonds is 4. The Kier molecular flexibility index (Phi) is 5.15. The van der Waals surface area contributed by atoms with Crippen molar-refractivity contribution in [2.75, 3.05) is 0 Å². The molecule has 0 aromatic carbocycles. The monoisotopic (exact) mass is 376 g/mol. The van der Waals surface area contributed by atoms with E-state index in [4.69, 9.17) is 5.11 Å². The summed E-state index contributed by atoms with van der Waals surface area (Å²) in [4.78, 5) is 11.0. The molecule has 154 valence electrons. The fraction of sp³-hybridized carbons (Fsp3) is 0.958. The molecule has 4 saturated carbocycles. The Hall–Kier alpha value is -0.570. The number of hydrogen-bond acceptors (Lipinski definition) is 2. The lowest BCUT2D eigenvalue weighted by atomic mass is 9.44. The molecule has 0 aromatic heterocycles. The second-order valence-corrected chi connectivity index (χ2v) is 11.2. The molecule has 4 fully saturated rings. The van der Waals surface area contributed by atoms with Crippen LogP contribution in [0, 0.1) is 46.3 Å². The summed E-state index contributed by atoms with van der Waals surface area (Å²) in [6.45, 7) is 7.43. The van der Waals surface area contributed by atoms with Gasteiger partial charge in [-0.2, -0.15) is 0 Å². The number of aliphatic hydroxyl groups excluding tert-OH is 1. The molecule has 0 amide bonds. The van der Waals surface area contributed by atoms with Gasteiger partial charge in [-0.25, -0.2) is 0 Å². The molecule has 9 atom stereocenters. The molecule has 27 heavy (non-hydrogen) atoms. The van der Waals surface area contributed by atoms with Gasteiger partial charge in [0.1, 0.15) is 0 Å². The third-order valence-electron chi connectivity index (χ3n) is 10.2. The summed E-state index contributed by atoms with van der Waals surface area (Å²) in [5.74, 6) is 3.91. The third-order valence-corrected chi connectivity index (χ3v) is 10.2. The minimum Gasteiger partial charge on any atom is -0.481 e. The van der Waals surface area contributed by atoms with Gasteiger partial charge >= 0.3 is 5.97 Å². The SMILES string of the molecule is C[C@H](CCC(=O)O)C1CCC2C3CC[C@H]4C[C@H](O)CC[C@@]4(C)C3CCC21C. The van der Waals surface area contributed by atoms with Gasteiger partial charge in [0.25, 0.3) is 0 Å². The predicted molar refractivity (Wildman–Crippen MR) is 107 cm³/mol. The van der Waals surface area contributed by atoms with E-state index in [0.29, 0.717) is 29.1 Å². The van der Waals surface area contributed by atoms with Gasteiger partial charge in [0.15, 0.2) is 0 Å². The van der Waals surface area contributed by atoms with E-state index in [1.165, 1.54) is 44.9 Å². The van der Waals surface area contributed by atoms with Gasteiger partial charge in [-0.05, 0) is 111 Å². The quantitative estimate of drug-likeness (QED) is 0.680. The van der Waals surface area contributed by atoms with Crippen LogP contribution < -0.4 is 0 Å². The van der Waals surface area contributed by atoms with Crippen LogP contribution in [0.1, 0.15) is 91.4 Å². The van der Waals surface area contributed by atoms with Gasteiger partial charge < -0.3 is 10.2 Å². The van der Waals surface area contributed by atoms with Crippen molar-refractivity contribution in [3.63, 3.8) is 0 Å². The van der Waals surface area contributed by atoms with Gasteiger partial charge in [-0.3, -0.25) is 4.79 Å². The van der Waals surface area contributed by atoms with Crippen molar-refractivity contribution in [1.29, 1.82) is 0 Å². The molecular weight excluding hydrogens is 336 g/mol. The Bertz CT molecular complexity index is 574. The molecule has 0 aliphatic heterocycles. The highest BCUT2D eigenvalue weighted by molar-refractivity contribution is 5.66. The normalized spacial score (nSPS) is 50.4. The predicted octanol–water partition coefficient (Wildman–Crippen LogP) is 5.51. The molecule has 4 aliphatic carbocycles. The van der Waals surface area contributed by atoms with E-state index in [9.17, 15) is 9.90 Å². The maximum absolute atomic E-state index is 11.0. The van der Waals surface area contributed by atoms with Gasteiger partial charge in [0.2, 0.25) is 0 Å². The molecule has 0 saturated heterocycles. The van der Waals surface area contributed by atoms with Crippen molar-refractivity contribution in [1.82, 2.24) is 0 Å². The number of carboxylic acid groups (broad SMARTS) is 1. The van der Waals surface area contributed by atoms with E-state index < -0.39 is 5.97 Å². The van der Waals surface area contributed by atoms with Crippen LogP contribution in [0.15, 0.2) is 0 Å². The van der Waals surface area contributed by atoms with Gasteiger partial charge in [0, 0.05) is 6.42 Å². The first kappa shape index (κ1) is 19.7. The van der Waals surface area contributed by atoms with Crippen molar-refractivity contribution in [3.8, 4) is 0 Å². The Morgan fingerprint density at radius 2 is 1.70 bits per heavy atom. The van der Waals surface area contributed by atoms with Crippen molar-refractivity contribution >= 4 is 5.97 Å². The van der Waals surface area contributed by atoms with Gasteiger partial charge in [-0.15, -0.1) is 0 Å². The maximum atomic E-state index is 11.0. The lowest BCUT2D eigenvalue weighted by Crippen LogP contribution is -2.54. The van der Waals surface area contributed by atoms with Crippen molar-refractivity contribution in [2.24, 2.45) is 46.3 Å². The number of carbonyl (C=O) groups is 1. The highest BCUT2D eigenvalue weighted by atomic mass is 16.4. The molecule has 4 rings (SSSR count). The number of aliphatic hydroxyl groups is 1. The summed E-state index contributed by atoms with van der Waals surface area (Å²) in [6.07, 6.45) is 12.4. The topological polar surface area (TPSA) is 57.5 Å². The van der Waals surface area contributed by atoms with Crippen LogP contribution in [0.25, 0.3) is 0 Å². The summed E-state index contributed by atoms with van der Waals surface area (Å²) in [6, 6.07) is 0. The standard InChI is InChI=1S/C24H40O3/c1-15(4-9-22(26)27)19-7-8-20-18-6-5-16-14-17(25)10-12-23(16,2)21(18)11-13-24(19,20)3/h15-21,25H,4-14H2,1-3H3,(H,26,27)/t15-,16+,17-,18?,19?,20?,21?,23-,24?/m1/s1. The zero-order valence-electron chi connectivity index (χ0n) is 17.6. The van der Waals surface area contributed by atoms with E-state index in [0.717, 1.165) is 42.9 Å². The summed E-state index contributed by atoms with van der Waals surface area (Å²) in [5.41, 5.74) is 0.882.